The molecule has 1 atom stereocenters. The smallest absolute Gasteiger partial charge is 0.0285 e. The first-order valence-corrected chi connectivity index (χ1v) is 5.96. The van der Waals surface area contributed by atoms with Gasteiger partial charge in [0.25, 0.3) is 0 Å². The maximum atomic E-state index is 3.66. The zero-order valence-corrected chi connectivity index (χ0v) is 9.81. The van der Waals surface area contributed by atoms with Crippen LogP contribution in [-0.4, -0.2) is 29.4 Å². The van der Waals surface area contributed by atoms with Gasteiger partial charge in [-0.1, -0.05) is 29.8 Å². The second-order valence-corrected chi connectivity index (χ2v) is 5.52. The van der Waals surface area contributed by atoms with Gasteiger partial charge >= 0.3 is 0 Å². The van der Waals surface area contributed by atoms with Crippen LogP contribution < -0.4 is 0 Å². The molecule has 0 saturated carbocycles. The molecule has 0 aromatic carbocycles. The SMILES string of the molecule is CC(C)CCCN1CCC(Br)C1. The monoisotopic (exact) mass is 233 g/mol. The second kappa shape index (κ2) is 5.23. The highest BCUT2D eigenvalue weighted by Crippen LogP contribution is 2.17. The fraction of sp³-hybridized carbons (Fsp3) is 1.00. The van der Waals surface area contributed by atoms with Crippen LogP contribution in [0.15, 0.2) is 0 Å². The Balaban J connectivity index is 2.00. The van der Waals surface area contributed by atoms with Crippen LogP contribution in [0.1, 0.15) is 33.1 Å². The minimum Gasteiger partial charge on any atom is -0.302 e. The van der Waals surface area contributed by atoms with E-state index < -0.39 is 0 Å². The van der Waals surface area contributed by atoms with Crippen molar-refractivity contribution in [2.45, 2.75) is 37.9 Å². The fourth-order valence-electron chi connectivity index (χ4n) is 1.71. The Morgan fingerprint density at radius 2 is 2.25 bits per heavy atom. The molecule has 1 rings (SSSR count). The van der Waals surface area contributed by atoms with Crippen LogP contribution >= 0.6 is 15.9 Å². The van der Waals surface area contributed by atoms with Crippen LogP contribution in [0, 0.1) is 5.92 Å². The molecule has 72 valence electrons. The fourth-order valence-corrected chi connectivity index (χ4v) is 2.33. The topological polar surface area (TPSA) is 3.24 Å². The predicted molar refractivity (Wildman–Crippen MR) is 57.8 cm³/mol. The number of alkyl halides is 1. The molecule has 0 N–H and O–H groups in total. The van der Waals surface area contributed by atoms with Crippen LogP contribution in [0.3, 0.4) is 0 Å². The molecule has 1 aliphatic rings. The lowest BCUT2D eigenvalue weighted by atomic mass is 10.1. The Morgan fingerprint density at radius 1 is 1.50 bits per heavy atom. The zero-order valence-electron chi connectivity index (χ0n) is 8.22. The molecule has 1 unspecified atom stereocenters. The van der Waals surface area contributed by atoms with Crippen molar-refractivity contribution in [2.75, 3.05) is 19.6 Å². The standard InChI is InChI=1S/C10H20BrN/c1-9(2)4-3-6-12-7-5-10(11)8-12/h9-10H,3-8H2,1-2H3. The summed E-state index contributed by atoms with van der Waals surface area (Å²) in [7, 11) is 0. The third kappa shape index (κ3) is 3.90. The van der Waals surface area contributed by atoms with E-state index in [1.54, 1.807) is 0 Å². The summed E-state index contributed by atoms with van der Waals surface area (Å²) in [5.41, 5.74) is 0. The normalized spacial score (nSPS) is 25.5. The Labute approximate surface area is 84.6 Å². The summed E-state index contributed by atoms with van der Waals surface area (Å²) < 4.78 is 0. The van der Waals surface area contributed by atoms with E-state index in [2.05, 4.69) is 34.7 Å². The predicted octanol–water partition coefficient (Wildman–Crippen LogP) is 2.89. The van der Waals surface area contributed by atoms with Gasteiger partial charge in [-0.3, -0.25) is 0 Å². The first-order chi connectivity index (χ1) is 5.68. The summed E-state index contributed by atoms with van der Waals surface area (Å²) in [6.07, 6.45) is 4.09. The van der Waals surface area contributed by atoms with Gasteiger partial charge in [-0.05, 0) is 38.3 Å². The van der Waals surface area contributed by atoms with Gasteiger partial charge in [-0.2, -0.15) is 0 Å². The highest BCUT2D eigenvalue weighted by molar-refractivity contribution is 9.09. The molecule has 2 heteroatoms. The van der Waals surface area contributed by atoms with E-state index in [4.69, 9.17) is 0 Å². The van der Waals surface area contributed by atoms with Crippen LogP contribution in [0.25, 0.3) is 0 Å². The summed E-state index contributed by atoms with van der Waals surface area (Å²) in [4.78, 5) is 3.33. The average Bonchev–Trinajstić information content (AvgIpc) is 2.35. The molecule has 1 heterocycles. The molecule has 0 aromatic rings. The van der Waals surface area contributed by atoms with Gasteiger partial charge in [0.1, 0.15) is 0 Å². The van der Waals surface area contributed by atoms with E-state index in [0.717, 1.165) is 10.7 Å². The van der Waals surface area contributed by atoms with Crippen LogP contribution in [0.5, 0.6) is 0 Å². The highest BCUT2D eigenvalue weighted by atomic mass is 79.9. The van der Waals surface area contributed by atoms with Crippen LogP contribution in [0.2, 0.25) is 0 Å². The molecule has 1 saturated heterocycles. The number of halogens is 1. The average molecular weight is 234 g/mol. The number of nitrogens with zero attached hydrogens (tertiary/aromatic N) is 1. The summed E-state index contributed by atoms with van der Waals surface area (Å²) in [5.74, 6) is 0.868. The molecular formula is C10H20BrN. The molecular weight excluding hydrogens is 214 g/mol. The van der Waals surface area contributed by atoms with E-state index >= 15 is 0 Å². The third-order valence-electron chi connectivity index (χ3n) is 2.47. The van der Waals surface area contributed by atoms with Gasteiger partial charge in [0.15, 0.2) is 0 Å². The molecule has 1 aliphatic heterocycles. The lowest BCUT2D eigenvalue weighted by Gasteiger charge is -2.15. The third-order valence-corrected chi connectivity index (χ3v) is 3.22. The first kappa shape index (κ1) is 10.5. The van der Waals surface area contributed by atoms with E-state index in [1.165, 1.54) is 38.9 Å². The minimum atomic E-state index is 0.761. The van der Waals surface area contributed by atoms with Gasteiger partial charge in [0.2, 0.25) is 0 Å². The van der Waals surface area contributed by atoms with Crippen LogP contribution in [-0.2, 0) is 0 Å². The number of likely N-dealkylation sites (tertiary alicyclic amines) is 1. The Kier molecular flexibility index (Phi) is 4.59. The number of hydrogen-bond donors (Lipinski definition) is 0. The molecule has 0 radical (unpaired) electrons. The van der Waals surface area contributed by atoms with Gasteiger partial charge in [-0.25, -0.2) is 0 Å². The molecule has 0 aromatic heterocycles. The van der Waals surface area contributed by atoms with Crippen molar-refractivity contribution in [2.24, 2.45) is 5.92 Å². The van der Waals surface area contributed by atoms with Crippen molar-refractivity contribution < 1.29 is 0 Å². The lowest BCUT2D eigenvalue weighted by Crippen LogP contribution is -2.22. The summed E-state index contributed by atoms with van der Waals surface area (Å²) >= 11 is 3.66. The quantitative estimate of drug-likeness (QED) is 0.676. The van der Waals surface area contributed by atoms with E-state index in [-0.39, 0.29) is 0 Å². The molecule has 0 aliphatic carbocycles. The van der Waals surface area contributed by atoms with Crippen molar-refractivity contribution in [1.29, 1.82) is 0 Å². The van der Waals surface area contributed by atoms with E-state index in [1.807, 2.05) is 0 Å². The van der Waals surface area contributed by atoms with E-state index in [9.17, 15) is 0 Å². The van der Waals surface area contributed by atoms with Crippen molar-refractivity contribution in [3.05, 3.63) is 0 Å². The summed E-state index contributed by atoms with van der Waals surface area (Å²) in [5, 5.41) is 0. The largest absolute Gasteiger partial charge is 0.302 e. The molecule has 0 amide bonds. The summed E-state index contributed by atoms with van der Waals surface area (Å²) in [6.45, 7) is 8.47. The number of rotatable bonds is 4. The van der Waals surface area contributed by atoms with Gasteiger partial charge in [0.05, 0.1) is 0 Å². The second-order valence-electron chi connectivity index (χ2n) is 4.22. The maximum absolute atomic E-state index is 3.66. The van der Waals surface area contributed by atoms with Crippen LogP contribution in [0.4, 0.5) is 0 Å². The van der Waals surface area contributed by atoms with Crippen molar-refractivity contribution in [1.82, 2.24) is 4.90 Å². The lowest BCUT2D eigenvalue weighted by molar-refractivity contribution is 0.322. The van der Waals surface area contributed by atoms with Crippen molar-refractivity contribution >= 4 is 15.9 Å². The number of hydrogen-bond acceptors (Lipinski definition) is 1. The van der Waals surface area contributed by atoms with Gasteiger partial charge < -0.3 is 4.90 Å². The van der Waals surface area contributed by atoms with Crippen molar-refractivity contribution in [3.8, 4) is 0 Å². The van der Waals surface area contributed by atoms with Gasteiger partial charge in [0, 0.05) is 11.4 Å². The minimum absolute atomic E-state index is 0.761. The van der Waals surface area contributed by atoms with Gasteiger partial charge in [-0.15, -0.1) is 0 Å². The Hall–Kier alpha value is 0.440. The molecule has 0 spiro atoms. The molecule has 12 heavy (non-hydrogen) atoms. The first-order valence-electron chi connectivity index (χ1n) is 5.05. The Bertz CT molecular complexity index is 125. The Morgan fingerprint density at radius 3 is 2.75 bits per heavy atom. The molecule has 1 fully saturated rings. The molecule has 1 nitrogen and oxygen atoms in total. The van der Waals surface area contributed by atoms with E-state index in [0.29, 0.717) is 0 Å². The molecule has 0 bridgehead atoms. The maximum Gasteiger partial charge on any atom is 0.0285 e. The zero-order chi connectivity index (χ0) is 8.97. The highest BCUT2D eigenvalue weighted by Gasteiger charge is 2.18. The van der Waals surface area contributed by atoms with Crippen molar-refractivity contribution in [3.63, 3.8) is 0 Å². The summed E-state index contributed by atoms with van der Waals surface area (Å²) in [6, 6.07) is 0.